The first kappa shape index (κ1) is 21.8. The maximum atomic E-state index is 12.6. The topological polar surface area (TPSA) is 130 Å². The van der Waals surface area contributed by atoms with Crippen molar-refractivity contribution in [1.29, 1.82) is 0 Å². The SMILES string of the molecule is CCOC(=O)c1c(Cc2ccc(C)c(O)c2[N+](=O)[O-])nnn1Cc1ccc(OC)cc1. The molecule has 10 nitrogen and oxygen atoms in total. The quantitative estimate of drug-likeness (QED) is 0.330. The van der Waals surface area contributed by atoms with E-state index in [2.05, 4.69) is 10.3 Å². The van der Waals surface area contributed by atoms with Crippen molar-refractivity contribution in [2.75, 3.05) is 13.7 Å². The van der Waals surface area contributed by atoms with Gasteiger partial charge in [-0.1, -0.05) is 29.5 Å². The van der Waals surface area contributed by atoms with Crippen LogP contribution in [0.5, 0.6) is 11.5 Å². The number of rotatable bonds is 8. The Balaban J connectivity index is 2.00. The molecule has 0 bridgehead atoms. The van der Waals surface area contributed by atoms with Gasteiger partial charge in [-0.3, -0.25) is 10.1 Å². The fraction of sp³-hybridized carbons (Fsp3) is 0.286. The number of nitro groups is 1. The summed E-state index contributed by atoms with van der Waals surface area (Å²) in [4.78, 5) is 23.5. The van der Waals surface area contributed by atoms with E-state index in [0.29, 0.717) is 11.3 Å². The number of methoxy groups -OCH3 is 1. The van der Waals surface area contributed by atoms with Crippen LogP contribution in [0, 0.1) is 17.0 Å². The summed E-state index contributed by atoms with van der Waals surface area (Å²) >= 11 is 0. The summed E-state index contributed by atoms with van der Waals surface area (Å²) < 4.78 is 11.7. The van der Waals surface area contributed by atoms with E-state index < -0.39 is 22.3 Å². The van der Waals surface area contributed by atoms with Gasteiger partial charge in [-0.15, -0.1) is 5.10 Å². The van der Waals surface area contributed by atoms with Crippen molar-refractivity contribution in [1.82, 2.24) is 15.0 Å². The molecule has 0 saturated carbocycles. The molecule has 162 valence electrons. The molecule has 31 heavy (non-hydrogen) atoms. The Bertz CT molecular complexity index is 1110. The molecule has 0 radical (unpaired) electrons. The smallest absolute Gasteiger partial charge is 0.358 e. The predicted molar refractivity (Wildman–Crippen MR) is 110 cm³/mol. The Hall–Kier alpha value is -3.95. The van der Waals surface area contributed by atoms with E-state index in [0.717, 1.165) is 5.56 Å². The minimum atomic E-state index is -0.649. The van der Waals surface area contributed by atoms with Gasteiger partial charge in [0.1, 0.15) is 11.4 Å². The number of nitrogens with zero attached hydrogens (tertiary/aromatic N) is 4. The molecule has 0 unspecified atom stereocenters. The molecule has 0 amide bonds. The molecule has 0 fully saturated rings. The zero-order valence-corrected chi connectivity index (χ0v) is 17.4. The number of benzene rings is 2. The Morgan fingerprint density at radius 3 is 2.55 bits per heavy atom. The number of hydrogen-bond donors (Lipinski definition) is 1. The average Bonchev–Trinajstić information content (AvgIpc) is 3.13. The number of phenols is 1. The highest BCUT2D eigenvalue weighted by atomic mass is 16.6. The molecule has 0 atom stereocenters. The van der Waals surface area contributed by atoms with Crippen LogP contribution in [0.15, 0.2) is 36.4 Å². The molecule has 3 aromatic rings. The van der Waals surface area contributed by atoms with Crippen LogP contribution in [-0.2, 0) is 17.7 Å². The zero-order valence-electron chi connectivity index (χ0n) is 17.4. The van der Waals surface area contributed by atoms with E-state index in [1.54, 1.807) is 39.2 Å². The second-order valence-electron chi connectivity index (χ2n) is 6.78. The number of aryl methyl sites for hydroxylation is 1. The number of phenolic OH excluding ortho intramolecular Hbond substituents is 1. The van der Waals surface area contributed by atoms with Crippen LogP contribution < -0.4 is 4.74 Å². The molecule has 0 spiro atoms. The lowest BCUT2D eigenvalue weighted by Crippen LogP contribution is -2.16. The van der Waals surface area contributed by atoms with Crippen molar-refractivity contribution >= 4 is 11.7 Å². The minimum absolute atomic E-state index is 0.0685. The van der Waals surface area contributed by atoms with E-state index in [4.69, 9.17) is 9.47 Å². The lowest BCUT2D eigenvalue weighted by molar-refractivity contribution is -0.386. The third-order valence-corrected chi connectivity index (χ3v) is 4.74. The van der Waals surface area contributed by atoms with E-state index in [1.807, 2.05) is 12.1 Å². The molecule has 1 heterocycles. The van der Waals surface area contributed by atoms with Crippen molar-refractivity contribution in [3.63, 3.8) is 0 Å². The van der Waals surface area contributed by atoms with E-state index in [-0.39, 0.29) is 36.5 Å². The predicted octanol–water partition coefficient (Wildman–Crippen LogP) is 3.02. The highest BCUT2D eigenvalue weighted by Gasteiger charge is 2.27. The summed E-state index contributed by atoms with van der Waals surface area (Å²) in [6, 6.07) is 10.3. The van der Waals surface area contributed by atoms with Gasteiger partial charge in [-0.05, 0) is 37.1 Å². The van der Waals surface area contributed by atoms with Gasteiger partial charge in [0.25, 0.3) is 0 Å². The molecule has 1 aromatic heterocycles. The van der Waals surface area contributed by atoms with Gasteiger partial charge in [0.2, 0.25) is 0 Å². The van der Waals surface area contributed by atoms with Crippen LogP contribution >= 0.6 is 0 Å². The summed E-state index contributed by atoms with van der Waals surface area (Å²) in [6.07, 6.45) is -0.0685. The third kappa shape index (κ3) is 4.63. The first-order valence-electron chi connectivity index (χ1n) is 9.53. The maximum absolute atomic E-state index is 12.6. The van der Waals surface area contributed by atoms with Crippen LogP contribution in [-0.4, -0.2) is 44.7 Å². The van der Waals surface area contributed by atoms with Crippen LogP contribution in [0.1, 0.15) is 39.8 Å². The Labute approximate surface area is 178 Å². The van der Waals surface area contributed by atoms with Gasteiger partial charge in [0, 0.05) is 12.0 Å². The number of carbonyl (C=O) groups is 1. The van der Waals surface area contributed by atoms with Gasteiger partial charge < -0.3 is 14.6 Å². The molecule has 0 aliphatic rings. The first-order chi connectivity index (χ1) is 14.8. The van der Waals surface area contributed by atoms with Crippen LogP contribution in [0.2, 0.25) is 0 Å². The molecule has 0 aliphatic heterocycles. The molecular formula is C21H22N4O6. The zero-order chi connectivity index (χ0) is 22.5. The summed E-state index contributed by atoms with van der Waals surface area (Å²) in [5.74, 6) is -0.346. The fourth-order valence-electron chi connectivity index (χ4n) is 3.15. The fourth-order valence-corrected chi connectivity index (χ4v) is 3.15. The van der Waals surface area contributed by atoms with Crippen molar-refractivity contribution in [2.45, 2.75) is 26.8 Å². The largest absolute Gasteiger partial charge is 0.502 e. The van der Waals surface area contributed by atoms with Crippen LogP contribution in [0.4, 0.5) is 5.69 Å². The molecule has 1 N–H and O–H groups in total. The van der Waals surface area contributed by atoms with Crippen molar-refractivity contribution in [3.8, 4) is 11.5 Å². The van der Waals surface area contributed by atoms with Crippen LogP contribution in [0.25, 0.3) is 0 Å². The van der Waals surface area contributed by atoms with Crippen molar-refractivity contribution < 1.29 is 24.3 Å². The van der Waals surface area contributed by atoms with E-state index in [9.17, 15) is 20.0 Å². The number of hydrogen-bond acceptors (Lipinski definition) is 8. The number of carbonyl (C=O) groups excluding carboxylic acids is 1. The standard InChI is InChI=1S/C21H22N4O6/c1-4-31-21(27)19-17(11-15-8-5-13(2)20(26)18(15)25(28)29)22-23-24(19)12-14-6-9-16(30-3)10-7-14/h5-10,26H,4,11-12H2,1-3H3. The number of aromatic nitrogens is 3. The van der Waals surface area contributed by atoms with Gasteiger partial charge in [-0.25, -0.2) is 9.48 Å². The minimum Gasteiger partial charge on any atom is -0.502 e. The Morgan fingerprint density at radius 1 is 1.23 bits per heavy atom. The lowest BCUT2D eigenvalue weighted by atomic mass is 10.0. The van der Waals surface area contributed by atoms with E-state index in [1.165, 1.54) is 10.7 Å². The Morgan fingerprint density at radius 2 is 1.94 bits per heavy atom. The number of esters is 1. The monoisotopic (exact) mass is 426 g/mol. The summed E-state index contributed by atoms with van der Waals surface area (Å²) in [6.45, 7) is 3.64. The van der Waals surface area contributed by atoms with Crippen LogP contribution in [0.3, 0.4) is 0 Å². The van der Waals surface area contributed by atoms with Gasteiger partial charge in [0.15, 0.2) is 11.4 Å². The highest BCUT2D eigenvalue weighted by molar-refractivity contribution is 5.88. The highest BCUT2D eigenvalue weighted by Crippen LogP contribution is 2.34. The Kier molecular flexibility index (Phi) is 6.49. The van der Waals surface area contributed by atoms with E-state index >= 15 is 0 Å². The first-order valence-corrected chi connectivity index (χ1v) is 9.53. The molecule has 0 saturated heterocycles. The molecule has 3 rings (SSSR count). The number of nitro benzene ring substituents is 1. The summed E-state index contributed by atoms with van der Waals surface area (Å²) in [7, 11) is 1.57. The lowest BCUT2D eigenvalue weighted by Gasteiger charge is -2.09. The maximum Gasteiger partial charge on any atom is 0.358 e. The second-order valence-corrected chi connectivity index (χ2v) is 6.78. The second kappa shape index (κ2) is 9.24. The molecule has 10 heteroatoms. The van der Waals surface area contributed by atoms with Crippen molar-refractivity contribution in [3.05, 3.63) is 74.6 Å². The molecule has 2 aromatic carbocycles. The molecular weight excluding hydrogens is 404 g/mol. The van der Waals surface area contributed by atoms with Gasteiger partial charge >= 0.3 is 11.7 Å². The summed E-state index contributed by atoms with van der Waals surface area (Å²) in [5, 5.41) is 29.8. The summed E-state index contributed by atoms with van der Waals surface area (Å²) in [5.41, 5.74) is 1.35. The number of ether oxygens (including phenoxy) is 2. The van der Waals surface area contributed by atoms with Gasteiger partial charge in [0.05, 0.1) is 25.2 Å². The molecule has 0 aliphatic carbocycles. The average molecular weight is 426 g/mol. The third-order valence-electron chi connectivity index (χ3n) is 4.74. The van der Waals surface area contributed by atoms with Crippen molar-refractivity contribution in [2.24, 2.45) is 0 Å². The normalized spacial score (nSPS) is 10.7. The number of aromatic hydroxyl groups is 1. The van der Waals surface area contributed by atoms with Gasteiger partial charge in [-0.2, -0.15) is 0 Å².